The Balaban J connectivity index is 1.74. The van der Waals surface area contributed by atoms with Crippen molar-refractivity contribution in [2.24, 2.45) is 4.99 Å². The molecule has 2 rings (SSSR count). The van der Waals surface area contributed by atoms with E-state index in [0.717, 1.165) is 46.3 Å². The Hall–Kier alpha value is -1.93. The van der Waals surface area contributed by atoms with Gasteiger partial charge in [-0.2, -0.15) is 0 Å². The minimum atomic E-state index is -0.0510. The van der Waals surface area contributed by atoms with Crippen LogP contribution in [0.1, 0.15) is 24.0 Å². The van der Waals surface area contributed by atoms with E-state index in [4.69, 9.17) is 0 Å². The third-order valence-corrected chi connectivity index (χ3v) is 4.77. The Labute approximate surface area is 166 Å². The van der Waals surface area contributed by atoms with Crippen LogP contribution < -0.4 is 16.0 Å². The Morgan fingerprint density at radius 1 is 1.27 bits per heavy atom. The molecule has 2 aromatic rings. The van der Waals surface area contributed by atoms with Crippen molar-refractivity contribution < 1.29 is 4.79 Å². The zero-order chi connectivity index (χ0) is 18.8. The number of anilines is 1. The van der Waals surface area contributed by atoms with Gasteiger partial charge in [-0.05, 0) is 38.1 Å². The van der Waals surface area contributed by atoms with Crippen LogP contribution in [0.2, 0.25) is 0 Å². The van der Waals surface area contributed by atoms with Gasteiger partial charge in [0.05, 0.1) is 17.2 Å². The molecule has 0 aliphatic rings. The van der Waals surface area contributed by atoms with Crippen molar-refractivity contribution in [1.29, 1.82) is 0 Å². The van der Waals surface area contributed by atoms with Gasteiger partial charge in [0, 0.05) is 41.5 Å². The summed E-state index contributed by atoms with van der Waals surface area (Å²) >= 11 is 5.03. The van der Waals surface area contributed by atoms with Gasteiger partial charge in [-0.15, -0.1) is 11.3 Å². The molecule has 26 heavy (non-hydrogen) atoms. The minimum Gasteiger partial charge on any atom is -0.357 e. The van der Waals surface area contributed by atoms with Crippen LogP contribution in [-0.4, -0.2) is 36.5 Å². The molecule has 0 aliphatic heterocycles. The summed E-state index contributed by atoms with van der Waals surface area (Å²) in [5.74, 6) is 0.667. The Kier molecular flexibility index (Phi) is 8.57. The van der Waals surface area contributed by atoms with Crippen molar-refractivity contribution in [1.82, 2.24) is 15.6 Å². The lowest BCUT2D eigenvalue weighted by molar-refractivity contribution is -0.116. The van der Waals surface area contributed by atoms with Gasteiger partial charge in [0.25, 0.3) is 0 Å². The number of aromatic nitrogens is 1. The summed E-state index contributed by atoms with van der Waals surface area (Å²) in [6.45, 7) is 5.97. The highest BCUT2D eigenvalue weighted by Crippen LogP contribution is 2.14. The first-order valence-corrected chi connectivity index (χ1v) is 10.2. The predicted octanol–water partition coefficient (Wildman–Crippen LogP) is 3.34. The normalized spacial score (nSPS) is 11.3. The number of hydrogen-bond acceptors (Lipinski definition) is 4. The number of nitrogens with one attached hydrogen (secondary N) is 3. The molecule has 0 atom stereocenters. The number of aliphatic imine (C=N–C) groups is 1. The number of nitrogens with zero attached hydrogens (tertiary/aromatic N) is 2. The second-order valence-electron chi connectivity index (χ2n) is 5.60. The van der Waals surface area contributed by atoms with E-state index in [-0.39, 0.29) is 5.91 Å². The topological polar surface area (TPSA) is 78.4 Å². The number of guanidine groups is 1. The van der Waals surface area contributed by atoms with Gasteiger partial charge < -0.3 is 16.0 Å². The average Bonchev–Trinajstić information content (AvgIpc) is 3.02. The van der Waals surface area contributed by atoms with Crippen molar-refractivity contribution in [3.05, 3.63) is 44.8 Å². The smallest absolute Gasteiger partial charge is 0.226 e. The third-order valence-electron chi connectivity index (χ3n) is 3.42. The molecule has 1 aromatic carbocycles. The molecule has 1 amide bonds. The van der Waals surface area contributed by atoms with Crippen LogP contribution in [0.25, 0.3) is 0 Å². The number of halogens is 1. The number of rotatable bonds is 8. The van der Waals surface area contributed by atoms with Crippen LogP contribution in [0.5, 0.6) is 0 Å². The third kappa shape index (κ3) is 7.53. The highest BCUT2D eigenvalue weighted by molar-refractivity contribution is 9.10. The van der Waals surface area contributed by atoms with E-state index in [2.05, 4.69) is 47.2 Å². The number of thiazole rings is 1. The van der Waals surface area contributed by atoms with Gasteiger partial charge in [-0.3, -0.25) is 9.79 Å². The molecule has 0 radical (unpaired) electrons. The monoisotopic (exact) mass is 437 g/mol. The first-order chi connectivity index (χ1) is 12.6. The molecule has 0 bridgehead atoms. The highest BCUT2D eigenvalue weighted by Gasteiger charge is 2.04. The molecular weight excluding hydrogens is 414 g/mol. The van der Waals surface area contributed by atoms with E-state index in [0.29, 0.717) is 13.0 Å². The molecule has 1 aromatic heterocycles. The van der Waals surface area contributed by atoms with Gasteiger partial charge >= 0.3 is 0 Å². The number of carbonyl (C=O) groups is 1. The molecule has 1 heterocycles. The molecule has 140 valence electrons. The van der Waals surface area contributed by atoms with Gasteiger partial charge in [-0.1, -0.05) is 15.9 Å². The van der Waals surface area contributed by atoms with Gasteiger partial charge in [0.15, 0.2) is 5.96 Å². The fourth-order valence-corrected chi connectivity index (χ4v) is 3.11. The standard InChI is InChI=1S/C18H24BrN5OS/c1-3-20-18(21-10-8-16-12-26-13(2)23-16)22-11-9-17(25)24-15-6-4-14(19)5-7-15/h4-7,12H,3,8-11H2,1-2H3,(H,24,25)(H2,20,21,22). The Bertz CT molecular complexity index is 729. The zero-order valence-corrected chi connectivity index (χ0v) is 17.4. The van der Waals surface area contributed by atoms with E-state index in [9.17, 15) is 4.79 Å². The Morgan fingerprint density at radius 3 is 2.69 bits per heavy atom. The summed E-state index contributed by atoms with van der Waals surface area (Å²) in [4.78, 5) is 20.9. The lowest BCUT2D eigenvalue weighted by Gasteiger charge is -2.10. The summed E-state index contributed by atoms with van der Waals surface area (Å²) < 4.78 is 0.981. The molecule has 0 fully saturated rings. The second kappa shape index (κ2) is 10.9. The molecule has 0 saturated carbocycles. The first-order valence-electron chi connectivity index (χ1n) is 8.55. The highest BCUT2D eigenvalue weighted by atomic mass is 79.9. The van der Waals surface area contributed by atoms with Crippen LogP contribution in [0, 0.1) is 6.92 Å². The number of carbonyl (C=O) groups excluding carboxylic acids is 1. The summed E-state index contributed by atoms with van der Waals surface area (Å²) in [6.07, 6.45) is 1.18. The van der Waals surface area contributed by atoms with Crippen molar-refractivity contribution in [2.45, 2.75) is 26.7 Å². The first kappa shape index (κ1) is 20.4. The number of aryl methyl sites for hydroxylation is 1. The summed E-state index contributed by atoms with van der Waals surface area (Å²) in [5.41, 5.74) is 1.87. The van der Waals surface area contributed by atoms with Crippen LogP contribution in [0.3, 0.4) is 0 Å². The average molecular weight is 438 g/mol. The lowest BCUT2D eigenvalue weighted by atomic mass is 10.3. The number of amides is 1. The maximum Gasteiger partial charge on any atom is 0.226 e. The molecule has 8 heteroatoms. The second-order valence-corrected chi connectivity index (χ2v) is 7.58. The minimum absolute atomic E-state index is 0.0510. The van der Waals surface area contributed by atoms with Crippen LogP contribution in [-0.2, 0) is 11.2 Å². The van der Waals surface area contributed by atoms with Crippen molar-refractivity contribution >= 4 is 44.8 Å². The molecular formula is C18H24BrN5OS. The van der Waals surface area contributed by atoms with Gasteiger partial charge in [-0.25, -0.2) is 4.98 Å². The van der Waals surface area contributed by atoms with E-state index in [1.807, 2.05) is 38.1 Å². The fourth-order valence-electron chi connectivity index (χ4n) is 2.20. The summed E-state index contributed by atoms with van der Waals surface area (Å²) in [5, 5.41) is 12.5. The van der Waals surface area contributed by atoms with Crippen LogP contribution in [0.15, 0.2) is 39.1 Å². The molecule has 0 saturated heterocycles. The molecule has 0 unspecified atom stereocenters. The quantitative estimate of drug-likeness (QED) is 0.437. The van der Waals surface area contributed by atoms with Gasteiger partial charge in [0.2, 0.25) is 5.91 Å². The largest absolute Gasteiger partial charge is 0.357 e. The van der Waals surface area contributed by atoms with E-state index in [1.54, 1.807) is 11.3 Å². The maximum atomic E-state index is 12.0. The predicted molar refractivity (Wildman–Crippen MR) is 112 cm³/mol. The maximum absolute atomic E-state index is 12.0. The molecule has 0 aliphatic carbocycles. The molecule has 3 N–H and O–H groups in total. The van der Waals surface area contributed by atoms with Crippen molar-refractivity contribution in [3.8, 4) is 0 Å². The Morgan fingerprint density at radius 2 is 2.04 bits per heavy atom. The molecule has 0 spiro atoms. The summed E-state index contributed by atoms with van der Waals surface area (Å²) in [7, 11) is 0. The van der Waals surface area contributed by atoms with Crippen molar-refractivity contribution in [3.63, 3.8) is 0 Å². The lowest BCUT2D eigenvalue weighted by Crippen LogP contribution is -2.38. The fraction of sp³-hybridized carbons (Fsp3) is 0.389. The van der Waals surface area contributed by atoms with Crippen molar-refractivity contribution in [2.75, 3.05) is 25.0 Å². The van der Waals surface area contributed by atoms with E-state index >= 15 is 0 Å². The SMILES string of the molecule is CCNC(=NCCC(=O)Nc1ccc(Br)cc1)NCCc1csc(C)n1. The van der Waals surface area contributed by atoms with E-state index < -0.39 is 0 Å². The van der Waals surface area contributed by atoms with E-state index in [1.165, 1.54) is 0 Å². The van der Waals surface area contributed by atoms with Crippen LogP contribution in [0.4, 0.5) is 5.69 Å². The van der Waals surface area contributed by atoms with Gasteiger partial charge in [0.1, 0.15) is 0 Å². The number of benzene rings is 1. The summed E-state index contributed by atoms with van der Waals surface area (Å²) in [6, 6.07) is 7.50. The molecule has 6 nitrogen and oxygen atoms in total. The zero-order valence-electron chi connectivity index (χ0n) is 15.0. The van der Waals surface area contributed by atoms with Crippen LogP contribution >= 0.6 is 27.3 Å². The number of hydrogen-bond donors (Lipinski definition) is 3.